The Morgan fingerprint density at radius 2 is 1.80 bits per heavy atom. The zero-order valence-electron chi connectivity index (χ0n) is 13.2. The molecule has 0 aromatic heterocycles. The third kappa shape index (κ3) is 1.93. The molecule has 4 saturated carbocycles. The van der Waals surface area contributed by atoms with Crippen molar-refractivity contribution in [2.75, 3.05) is 0 Å². The third-order valence-corrected chi connectivity index (χ3v) is 6.55. The summed E-state index contributed by atoms with van der Waals surface area (Å²) in [5.41, 5.74) is -1.42. The molecule has 0 heterocycles. The molecule has 3 unspecified atom stereocenters. The number of hydrogen-bond donors (Lipinski definition) is 1. The number of hydrogen-bond acceptors (Lipinski definition) is 3. The van der Waals surface area contributed by atoms with Crippen LogP contribution >= 0.6 is 0 Å². The maximum absolute atomic E-state index is 12.5. The summed E-state index contributed by atoms with van der Waals surface area (Å²) in [4.78, 5) is 12.5. The molecule has 4 fully saturated rings. The monoisotopic (exact) mass is 280 g/mol. The fraction of sp³-hybridized carbons (Fsp3) is 0.941. The maximum Gasteiger partial charge on any atom is 0.312 e. The van der Waals surface area contributed by atoms with Gasteiger partial charge in [0, 0.05) is 5.92 Å². The highest BCUT2D eigenvalue weighted by Crippen LogP contribution is 2.61. The van der Waals surface area contributed by atoms with Crippen LogP contribution in [0.15, 0.2) is 0 Å². The number of ether oxygens (including phenoxy) is 1. The summed E-state index contributed by atoms with van der Waals surface area (Å²) < 4.78 is 6.08. The Labute approximate surface area is 122 Å². The first-order valence-electron chi connectivity index (χ1n) is 8.17. The standard InChI is InChI=1S/C17H28O3/c1-5-15(3,4)14(18)20-17-9-12-6-13(10-17)8-16(19,7-12)11(17)2/h11-13,19H,5-10H2,1-4H3. The van der Waals surface area contributed by atoms with E-state index in [0.29, 0.717) is 11.8 Å². The van der Waals surface area contributed by atoms with Gasteiger partial charge in [-0.15, -0.1) is 0 Å². The van der Waals surface area contributed by atoms with Gasteiger partial charge in [-0.2, -0.15) is 0 Å². The van der Waals surface area contributed by atoms with Crippen molar-refractivity contribution >= 4 is 5.97 Å². The van der Waals surface area contributed by atoms with Crippen molar-refractivity contribution in [1.82, 2.24) is 0 Å². The topological polar surface area (TPSA) is 46.5 Å². The molecule has 0 aliphatic heterocycles. The fourth-order valence-corrected chi connectivity index (χ4v) is 4.93. The van der Waals surface area contributed by atoms with Gasteiger partial charge >= 0.3 is 5.97 Å². The van der Waals surface area contributed by atoms with Crippen LogP contribution in [0.25, 0.3) is 0 Å². The van der Waals surface area contributed by atoms with Gasteiger partial charge in [0.25, 0.3) is 0 Å². The number of aliphatic hydroxyl groups is 1. The summed E-state index contributed by atoms with van der Waals surface area (Å²) in [7, 11) is 0. The Balaban J connectivity index is 1.86. The zero-order valence-corrected chi connectivity index (χ0v) is 13.2. The van der Waals surface area contributed by atoms with Gasteiger partial charge in [0.15, 0.2) is 0 Å². The van der Waals surface area contributed by atoms with Crippen molar-refractivity contribution < 1.29 is 14.6 Å². The molecule has 3 atom stereocenters. The number of rotatable bonds is 3. The van der Waals surface area contributed by atoms with Crippen LogP contribution in [0.4, 0.5) is 0 Å². The largest absolute Gasteiger partial charge is 0.458 e. The predicted octanol–water partition coefficient (Wildman–Crippen LogP) is 3.30. The zero-order chi connectivity index (χ0) is 14.8. The lowest BCUT2D eigenvalue weighted by atomic mass is 9.48. The van der Waals surface area contributed by atoms with Crippen LogP contribution in [0.2, 0.25) is 0 Å². The lowest BCUT2D eigenvalue weighted by Crippen LogP contribution is -2.66. The van der Waals surface area contributed by atoms with Crippen molar-refractivity contribution in [3.05, 3.63) is 0 Å². The molecule has 0 amide bonds. The molecule has 3 heteroatoms. The lowest BCUT2D eigenvalue weighted by Gasteiger charge is -2.63. The van der Waals surface area contributed by atoms with Crippen LogP contribution in [-0.4, -0.2) is 22.3 Å². The van der Waals surface area contributed by atoms with Crippen LogP contribution in [0.3, 0.4) is 0 Å². The molecular weight excluding hydrogens is 252 g/mol. The van der Waals surface area contributed by atoms with Crippen LogP contribution in [0.5, 0.6) is 0 Å². The molecule has 114 valence electrons. The van der Waals surface area contributed by atoms with Gasteiger partial charge in [-0.25, -0.2) is 0 Å². The average molecular weight is 280 g/mol. The molecule has 0 aromatic carbocycles. The molecule has 4 bridgehead atoms. The molecule has 4 aliphatic carbocycles. The molecule has 20 heavy (non-hydrogen) atoms. The molecule has 4 rings (SSSR count). The van der Waals surface area contributed by atoms with Crippen molar-refractivity contribution in [2.24, 2.45) is 23.2 Å². The smallest absolute Gasteiger partial charge is 0.312 e. The van der Waals surface area contributed by atoms with Crippen LogP contribution in [0.1, 0.15) is 66.2 Å². The second-order valence-corrected chi connectivity index (χ2v) is 8.30. The first-order valence-corrected chi connectivity index (χ1v) is 8.17. The highest BCUT2D eigenvalue weighted by Gasteiger charge is 2.64. The van der Waals surface area contributed by atoms with Crippen molar-refractivity contribution in [2.45, 2.75) is 77.4 Å². The second-order valence-electron chi connectivity index (χ2n) is 8.30. The summed E-state index contributed by atoms with van der Waals surface area (Å²) in [5.74, 6) is 1.07. The van der Waals surface area contributed by atoms with E-state index in [4.69, 9.17) is 4.74 Å². The molecule has 0 saturated heterocycles. The molecular formula is C17H28O3. The van der Waals surface area contributed by atoms with Crippen LogP contribution < -0.4 is 0 Å². The normalized spacial score (nSPS) is 46.5. The highest BCUT2D eigenvalue weighted by molar-refractivity contribution is 5.76. The Kier molecular flexibility index (Phi) is 3.03. The molecule has 0 aromatic rings. The molecule has 4 aliphatic rings. The minimum atomic E-state index is -0.597. The van der Waals surface area contributed by atoms with Gasteiger partial charge in [-0.05, 0) is 64.2 Å². The molecule has 1 N–H and O–H groups in total. The average Bonchev–Trinajstić information content (AvgIpc) is 2.34. The number of carbonyl (C=O) groups excluding carboxylic acids is 1. The SMILES string of the molecule is CCC(C)(C)C(=O)OC12CC3CC(CC(O)(C3)C1C)C2. The van der Waals surface area contributed by atoms with Gasteiger partial charge in [0.1, 0.15) is 5.60 Å². The predicted molar refractivity (Wildman–Crippen MR) is 77.1 cm³/mol. The molecule has 3 nitrogen and oxygen atoms in total. The fourth-order valence-electron chi connectivity index (χ4n) is 4.93. The van der Waals surface area contributed by atoms with Crippen molar-refractivity contribution in [3.8, 4) is 0 Å². The Morgan fingerprint density at radius 3 is 2.30 bits per heavy atom. The Bertz CT molecular complexity index is 412. The summed E-state index contributed by atoms with van der Waals surface area (Å²) in [6.07, 6.45) is 5.72. The van der Waals surface area contributed by atoms with E-state index in [2.05, 4.69) is 6.92 Å². The first-order chi connectivity index (χ1) is 9.21. The summed E-state index contributed by atoms with van der Waals surface area (Å²) >= 11 is 0. The van der Waals surface area contributed by atoms with E-state index in [1.54, 1.807) is 0 Å². The van der Waals surface area contributed by atoms with Gasteiger partial charge in [-0.1, -0.05) is 13.8 Å². The van der Waals surface area contributed by atoms with Gasteiger partial charge < -0.3 is 9.84 Å². The minimum Gasteiger partial charge on any atom is -0.458 e. The summed E-state index contributed by atoms with van der Waals surface area (Å²) in [6.45, 7) is 8.02. The lowest BCUT2D eigenvalue weighted by molar-refractivity contribution is -0.255. The van der Waals surface area contributed by atoms with E-state index >= 15 is 0 Å². The molecule has 0 radical (unpaired) electrons. The number of carbonyl (C=O) groups is 1. The van der Waals surface area contributed by atoms with E-state index in [1.807, 2.05) is 20.8 Å². The highest BCUT2D eigenvalue weighted by atomic mass is 16.6. The van der Waals surface area contributed by atoms with E-state index < -0.39 is 16.6 Å². The van der Waals surface area contributed by atoms with E-state index in [0.717, 1.165) is 32.1 Å². The van der Waals surface area contributed by atoms with Crippen molar-refractivity contribution in [1.29, 1.82) is 0 Å². The Morgan fingerprint density at radius 1 is 1.25 bits per heavy atom. The Hall–Kier alpha value is -0.570. The van der Waals surface area contributed by atoms with E-state index in [-0.39, 0.29) is 11.9 Å². The van der Waals surface area contributed by atoms with E-state index in [1.165, 1.54) is 6.42 Å². The summed E-state index contributed by atoms with van der Waals surface area (Å²) in [6, 6.07) is 0. The molecule has 0 spiro atoms. The van der Waals surface area contributed by atoms with Crippen molar-refractivity contribution in [3.63, 3.8) is 0 Å². The van der Waals surface area contributed by atoms with Crippen LogP contribution in [-0.2, 0) is 9.53 Å². The summed E-state index contributed by atoms with van der Waals surface area (Å²) in [5, 5.41) is 10.9. The third-order valence-electron chi connectivity index (χ3n) is 6.55. The number of esters is 1. The van der Waals surface area contributed by atoms with Crippen LogP contribution in [0, 0.1) is 23.2 Å². The quantitative estimate of drug-likeness (QED) is 0.807. The maximum atomic E-state index is 12.5. The van der Waals surface area contributed by atoms with E-state index in [9.17, 15) is 9.90 Å². The van der Waals surface area contributed by atoms with Gasteiger partial charge in [0.2, 0.25) is 0 Å². The first kappa shape index (κ1) is 14.4. The second kappa shape index (κ2) is 4.22. The van der Waals surface area contributed by atoms with Gasteiger partial charge in [0.05, 0.1) is 11.0 Å². The minimum absolute atomic E-state index is 0.0689. The van der Waals surface area contributed by atoms with Gasteiger partial charge in [-0.3, -0.25) is 4.79 Å².